The third-order valence-electron chi connectivity index (χ3n) is 6.30. The Morgan fingerprint density at radius 1 is 1.11 bits per heavy atom. The van der Waals surface area contributed by atoms with E-state index in [1.165, 1.54) is 9.14 Å². The molecular formula is C23H23IN2O. The largest absolute Gasteiger partial charge is 0.384 e. The number of rotatable bonds is 2. The molecule has 0 spiro atoms. The molecule has 3 fully saturated rings. The van der Waals surface area contributed by atoms with Crippen molar-refractivity contribution in [2.24, 2.45) is 5.92 Å². The highest BCUT2D eigenvalue weighted by atomic mass is 127. The fourth-order valence-electron chi connectivity index (χ4n) is 4.73. The Morgan fingerprint density at radius 2 is 1.89 bits per heavy atom. The summed E-state index contributed by atoms with van der Waals surface area (Å²) in [7, 11) is 0. The minimum atomic E-state index is -0.690. The van der Waals surface area contributed by atoms with Crippen molar-refractivity contribution in [2.75, 3.05) is 19.6 Å². The summed E-state index contributed by atoms with van der Waals surface area (Å²) < 4.78 is 1.32. The zero-order valence-corrected chi connectivity index (χ0v) is 17.4. The van der Waals surface area contributed by atoms with Gasteiger partial charge in [0.05, 0.1) is 5.69 Å². The molecule has 0 radical (unpaired) electrons. The van der Waals surface area contributed by atoms with Crippen LogP contribution in [0.2, 0.25) is 0 Å². The molecule has 1 N–H and O–H groups in total. The average Bonchev–Trinajstić information content (AvgIpc) is 2.88. The highest BCUT2D eigenvalue weighted by Gasteiger charge is 2.46. The van der Waals surface area contributed by atoms with Gasteiger partial charge in [-0.15, -0.1) is 0 Å². The third-order valence-corrected chi connectivity index (χ3v) is 7.05. The molecule has 3 nitrogen and oxygen atoms in total. The first-order valence-corrected chi connectivity index (χ1v) is 10.8. The van der Waals surface area contributed by atoms with Gasteiger partial charge >= 0.3 is 0 Å². The van der Waals surface area contributed by atoms with E-state index in [0.717, 1.165) is 61.3 Å². The smallest absolute Gasteiger partial charge is 0.105 e. The second-order valence-corrected chi connectivity index (χ2v) is 9.33. The first-order valence-electron chi connectivity index (χ1n) is 9.70. The molecule has 4 aliphatic rings. The molecule has 0 amide bonds. The standard InChI is InChI=1S/C23H23IN2O/c24-21-2-1-3-22-17(13-21)12-18(14-25-22)16-4-6-19(7-5-16)23(27)15-26-10-8-20(23)9-11-26/h1,3-7,12-14,20,27H,2,8-11,15H2. The summed E-state index contributed by atoms with van der Waals surface area (Å²) in [6.07, 6.45) is 11.6. The SMILES string of the molecule is OC1(c2ccc(-c3cnc4c(c3)C=C(I)CC=C4)cc2)CN2CCC1CC2. The van der Waals surface area contributed by atoms with Crippen LogP contribution >= 0.6 is 22.6 Å². The number of piperidine rings is 3. The van der Waals surface area contributed by atoms with Gasteiger partial charge < -0.3 is 10.0 Å². The number of hydrogen-bond acceptors (Lipinski definition) is 3. The van der Waals surface area contributed by atoms with Crippen LogP contribution in [0.1, 0.15) is 36.1 Å². The van der Waals surface area contributed by atoms with E-state index in [0.29, 0.717) is 5.92 Å². The maximum Gasteiger partial charge on any atom is 0.105 e. The molecule has 1 aromatic heterocycles. The number of nitrogens with zero attached hydrogens (tertiary/aromatic N) is 2. The van der Waals surface area contributed by atoms with Crippen LogP contribution in [0.15, 0.2) is 46.2 Å². The van der Waals surface area contributed by atoms with Crippen molar-refractivity contribution >= 4 is 34.7 Å². The molecule has 1 atom stereocenters. The lowest BCUT2D eigenvalue weighted by molar-refractivity contribution is -0.117. The normalized spacial score (nSPS) is 29.2. The van der Waals surface area contributed by atoms with Gasteiger partial charge in [0.2, 0.25) is 0 Å². The van der Waals surface area contributed by atoms with Crippen molar-refractivity contribution in [2.45, 2.75) is 24.9 Å². The minimum absolute atomic E-state index is 0.390. The molecule has 4 heterocycles. The van der Waals surface area contributed by atoms with Gasteiger partial charge in [-0.25, -0.2) is 0 Å². The Hall–Kier alpha value is -1.50. The van der Waals surface area contributed by atoms with E-state index in [2.05, 4.69) is 81.0 Å². The molecule has 0 saturated carbocycles. The Kier molecular flexibility index (Phi) is 4.45. The first kappa shape index (κ1) is 17.6. The van der Waals surface area contributed by atoms with Crippen LogP contribution in [-0.4, -0.2) is 34.6 Å². The molecule has 3 saturated heterocycles. The highest BCUT2D eigenvalue weighted by molar-refractivity contribution is 14.1. The summed E-state index contributed by atoms with van der Waals surface area (Å²) in [5.41, 5.74) is 4.84. The zero-order chi connectivity index (χ0) is 18.4. The monoisotopic (exact) mass is 470 g/mol. The van der Waals surface area contributed by atoms with Gasteiger partial charge in [-0.1, -0.05) is 30.3 Å². The highest BCUT2D eigenvalue weighted by Crippen LogP contribution is 2.42. The molecule has 2 bridgehead atoms. The number of aromatic nitrogens is 1. The van der Waals surface area contributed by atoms with E-state index in [1.54, 1.807) is 0 Å². The van der Waals surface area contributed by atoms with Crippen LogP contribution in [0.4, 0.5) is 0 Å². The van der Waals surface area contributed by atoms with Gasteiger partial charge in [0, 0.05) is 23.9 Å². The number of fused-ring (bicyclic) bond motifs is 4. The maximum absolute atomic E-state index is 11.3. The van der Waals surface area contributed by atoms with E-state index in [4.69, 9.17) is 0 Å². The molecule has 4 heteroatoms. The molecule has 1 aromatic carbocycles. The van der Waals surface area contributed by atoms with E-state index >= 15 is 0 Å². The van der Waals surface area contributed by atoms with Gasteiger partial charge in [0.25, 0.3) is 0 Å². The van der Waals surface area contributed by atoms with Crippen molar-refractivity contribution in [3.8, 4) is 11.1 Å². The van der Waals surface area contributed by atoms with Crippen LogP contribution in [0.5, 0.6) is 0 Å². The van der Waals surface area contributed by atoms with Gasteiger partial charge in [-0.3, -0.25) is 4.98 Å². The summed E-state index contributed by atoms with van der Waals surface area (Å²) in [5, 5.41) is 11.3. The Bertz CT molecular complexity index is 926. The zero-order valence-electron chi connectivity index (χ0n) is 15.2. The number of halogens is 1. The Labute approximate surface area is 174 Å². The lowest BCUT2D eigenvalue weighted by Crippen LogP contribution is -2.57. The van der Waals surface area contributed by atoms with Gasteiger partial charge in [-0.2, -0.15) is 0 Å². The molecule has 1 unspecified atom stereocenters. The number of allylic oxidation sites excluding steroid dienone is 2. The second kappa shape index (κ2) is 6.83. The Morgan fingerprint density at radius 3 is 2.59 bits per heavy atom. The van der Waals surface area contributed by atoms with E-state index in [1.807, 2.05) is 6.20 Å². The predicted molar refractivity (Wildman–Crippen MR) is 118 cm³/mol. The number of aliphatic hydroxyl groups is 1. The van der Waals surface area contributed by atoms with Crippen molar-refractivity contribution < 1.29 is 5.11 Å². The number of hydrogen-bond donors (Lipinski definition) is 1. The first-order chi connectivity index (χ1) is 13.1. The van der Waals surface area contributed by atoms with Gasteiger partial charge in [0.1, 0.15) is 5.60 Å². The summed E-state index contributed by atoms with van der Waals surface area (Å²) in [5.74, 6) is 0.390. The van der Waals surface area contributed by atoms with Crippen LogP contribution in [0.25, 0.3) is 23.3 Å². The summed E-state index contributed by atoms with van der Waals surface area (Å²) in [4.78, 5) is 7.05. The number of benzene rings is 1. The lowest BCUT2D eigenvalue weighted by Gasteiger charge is -2.50. The van der Waals surface area contributed by atoms with Crippen LogP contribution in [0.3, 0.4) is 0 Å². The van der Waals surface area contributed by atoms with Crippen molar-refractivity contribution in [1.82, 2.24) is 9.88 Å². The molecule has 3 aliphatic heterocycles. The van der Waals surface area contributed by atoms with Crippen LogP contribution < -0.4 is 0 Å². The Balaban J connectivity index is 1.46. The topological polar surface area (TPSA) is 36.4 Å². The number of pyridine rings is 1. The van der Waals surface area contributed by atoms with E-state index in [-0.39, 0.29) is 0 Å². The van der Waals surface area contributed by atoms with E-state index in [9.17, 15) is 5.11 Å². The average molecular weight is 470 g/mol. The molecular weight excluding hydrogens is 447 g/mol. The lowest BCUT2D eigenvalue weighted by atomic mass is 9.71. The molecule has 138 valence electrons. The van der Waals surface area contributed by atoms with Crippen molar-refractivity contribution in [3.05, 3.63) is 63.0 Å². The molecule has 2 aromatic rings. The minimum Gasteiger partial charge on any atom is -0.384 e. The quantitative estimate of drug-likeness (QED) is 0.638. The third kappa shape index (κ3) is 3.18. The van der Waals surface area contributed by atoms with Crippen LogP contribution in [-0.2, 0) is 5.60 Å². The summed E-state index contributed by atoms with van der Waals surface area (Å²) in [6.45, 7) is 3.03. The second-order valence-electron chi connectivity index (χ2n) is 7.95. The maximum atomic E-state index is 11.3. The fourth-order valence-corrected chi connectivity index (χ4v) is 5.32. The van der Waals surface area contributed by atoms with E-state index < -0.39 is 5.60 Å². The molecule has 27 heavy (non-hydrogen) atoms. The van der Waals surface area contributed by atoms with Crippen LogP contribution in [0, 0.1) is 5.92 Å². The van der Waals surface area contributed by atoms with Gasteiger partial charge in [-0.05, 0) is 93.8 Å². The molecule has 6 rings (SSSR count). The summed E-state index contributed by atoms with van der Waals surface area (Å²) in [6, 6.07) is 10.7. The van der Waals surface area contributed by atoms with Crippen molar-refractivity contribution in [1.29, 1.82) is 0 Å². The fraction of sp³-hybridized carbons (Fsp3) is 0.348. The van der Waals surface area contributed by atoms with Gasteiger partial charge in [0.15, 0.2) is 0 Å². The predicted octanol–water partition coefficient (Wildman–Crippen LogP) is 4.85. The van der Waals surface area contributed by atoms with Crippen molar-refractivity contribution in [3.63, 3.8) is 0 Å². The summed E-state index contributed by atoms with van der Waals surface area (Å²) >= 11 is 2.39. The molecule has 1 aliphatic carbocycles.